The summed E-state index contributed by atoms with van der Waals surface area (Å²) in [4.78, 5) is 21.9. The van der Waals surface area contributed by atoms with Gasteiger partial charge in [-0.3, -0.25) is 4.98 Å². The number of fused-ring (bicyclic) bond motifs is 1. The third-order valence-corrected chi connectivity index (χ3v) is 5.41. The quantitative estimate of drug-likeness (QED) is 0.714. The lowest BCUT2D eigenvalue weighted by molar-refractivity contribution is 0.533. The van der Waals surface area contributed by atoms with Crippen LogP contribution >= 0.6 is 0 Å². The van der Waals surface area contributed by atoms with Gasteiger partial charge in [0.1, 0.15) is 5.82 Å². The molecular formula is C20H19FN6. The summed E-state index contributed by atoms with van der Waals surface area (Å²) in [6.45, 7) is 3.67. The Morgan fingerprint density at radius 1 is 0.741 bits per heavy atom. The highest BCUT2D eigenvalue weighted by molar-refractivity contribution is 5.58. The molecule has 6 nitrogen and oxygen atoms in total. The van der Waals surface area contributed by atoms with E-state index in [0.29, 0.717) is 17.8 Å². The van der Waals surface area contributed by atoms with Gasteiger partial charge in [0.05, 0.1) is 30.5 Å². The molecule has 0 aliphatic carbocycles. The first kappa shape index (κ1) is 16.1. The van der Waals surface area contributed by atoms with Crippen LogP contribution in [0.15, 0.2) is 55.1 Å². The predicted molar refractivity (Wildman–Crippen MR) is 101 cm³/mol. The third-order valence-electron chi connectivity index (χ3n) is 5.41. The highest BCUT2D eigenvalue weighted by atomic mass is 19.1. The molecule has 3 aromatic rings. The average molecular weight is 362 g/mol. The van der Waals surface area contributed by atoms with E-state index in [1.54, 1.807) is 0 Å². The van der Waals surface area contributed by atoms with Crippen LogP contribution in [0.1, 0.15) is 0 Å². The Bertz CT molecular complexity index is 901. The van der Waals surface area contributed by atoms with E-state index in [2.05, 4.69) is 29.7 Å². The first-order valence-corrected chi connectivity index (χ1v) is 9.11. The molecule has 0 amide bonds. The number of aromatic nitrogens is 4. The second-order valence-corrected chi connectivity index (χ2v) is 7.16. The van der Waals surface area contributed by atoms with Crippen LogP contribution in [0.5, 0.6) is 0 Å². The summed E-state index contributed by atoms with van der Waals surface area (Å²) in [5.74, 6) is 2.21. The van der Waals surface area contributed by atoms with Crippen molar-refractivity contribution < 1.29 is 4.39 Å². The van der Waals surface area contributed by atoms with Crippen molar-refractivity contribution in [2.24, 2.45) is 11.8 Å². The fraction of sp³-hybridized carbons (Fsp3) is 0.300. The molecule has 0 saturated carbocycles. The number of nitrogens with zero attached hydrogens (tertiary/aromatic N) is 6. The molecule has 2 unspecified atom stereocenters. The van der Waals surface area contributed by atoms with Crippen molar-refractivity contribution in [2.45, 2.75) is 0 Å². The zero-order chi connectivity index (χ0) is 18.2. The van der Waals surface area contributed by atoms with Crippen LogP contribution in [0.25, 0.3) is 11.3 Å². The van der Waals surface area contributed by atoms with Crippen LogP contribution in [-0.4, -0.2) is 46.1 Å². The van der Waals surface area contributed by atoms with E-state index in [1.165, 1.54) is 12.4 Å². The van der Waals surface area contributed by atoms with E-state index >= 15 is 0 Å². The Morgan fingerprint density at radius 3 is 2.04 bits per heavy atom. The molecule has 27 heavy (non-hydrogen) atoms. The monoisotopic (exact) mass is 362 g/mol. The fourth-order valence-corrected chi connectivity index (χ4v) is 4.05. The molecule has 2 fully saturated rings. The minimum Gasteiger partial charge on any atom is -0.355 e. The summed E-state index contributed by atoms with van der Waals surface area (Å²) in [5.41, 5.74) is 1.96. The number of hydrogen-bond donors (Lipinski definition) is 0. The number of hydrogen-bond acceptors (Lipinski definition) is 6. The molecule has 2 atom stereocenters. The van der Waals surface area contributed by atoms with Gasteiger partial charge in [0, 0.05) is 43.6 Å². The largest absolute Gasteiger partial charge is 0.355 e. The van der Waals surface area contributed by atoms with E-state index in [0.717, 1.165) is 43.3 Å². The van der Waals surface area contributed by atoms with Crippen LogP contribution in [0.4, 0.5) is 16.2 Å². The molecule has 5 rings (SSSR count). The predicted octanol–water partition coefficient (Wildman–Crippen LogP) is 2.65. The number of halogens is 1. The SMILES string of the molecule is Fc1cnc(N2CC3CN(c4cnc(-c5ccccc5)cn4)CC3C2)nc1. The van der Waals surface area contributed by atoms with E-state index < -0.39 is 5.82 Å². The molecule has 0 spiro atoms. The smallest absolute Gasteiger partial charge is 0.225 e. The first-order chi connectivity index (χ1) is 13.3. The van der Waals surface area contributed by atoms with Crippen LogP contribution < -0.4 is 9.80 Å². The molecule has 2 aliphatic heterocycles. The Kier molecular flexibility index (Phi) is 3.92. The van der Waals surface area contributed by atoms with Gasteiger partial charge < -0.3 is 9.80 Å². The molecule has 2 aromatic heterocycles. The average Bonchev–Trinajstić information content (AvgIpc) is 3.29. The van der Waals surface area contributed by atoms with Crippen LogP contribution in [0.2, 0.25) is 0 Å². The van der Waals surface area contributed by atoms with Gasteiger partial charge in [-0.25, -0.2) is 19.3 Å². The lowest BCUT2D eigenvalue weighted by atomic mass is 10.0. The molecule has 136 valence electrons. The molecule has 2 saturated heterocycles. The van der Waals surface area contributed by atoms with Gasteiger partial charge in [0.15, 0.2) is 5.82 Å². The maximum Gasteiger partial charge on any atom is 0.225 e. The molecule has 0 radical (unpaired) electrons. The summed E-state index contributed by atoms with van der Waals surface area (Å²) in [7, 11) is 0. The zero-order valence-electron chi connectivity index (χ0n) is 14.7. The number of anilines is 2. The minimum absolute atomic E-state index is 0.401. The van der Waals surface area contributed by atoms with Gasteiger partial charge in [-0.2, -0.15) is 0 Å². The number of benzene rings is 1. The van der Waals surface area contributed by atoms with Crippen molar-refractivity contribution >= 4 is 11.8 Å². The van der Waals surface area contributed by atoms with Crippen molar-refractivity contribution in [2.75, 3.05) is 36.0 Å². The van der Waals surface area contributed by atoms with Crippen LogP contribution in [0, 0.1) is 17.7 Å². The van der Waals surface area contributed by atoms with Crippen LogP contribution in [0.3, 0.4) is 0 Å². The second-order valence-electron chi connectivity index (χ2n) is 7.16. The molecular weight excluding hydrogens is 343 g/mol. The van der Waals surface area contributed by atoms with E-state index in [1.807, 2.05) is 42.7 Å². The standard InChI is InChI=1S/C20H19FN6/c21-17-6-24-20(25-7-17)27-12-15-10-26(11-16(15)13-27)19-9-22-18(8-23-19)14-4-2-1-3-5-14/h1-9,15-16H,10-13H2. The lowest BCUT2D eigenvalue weighted by Crippen LogP contribution is -2.30. The summed E-state index contributed by atoms with van der Waals surface area (Å²) in [6.07, 6.45) is 6.17. The topological polar surface area (TPSA) is 58.0 Å². The number of rotatable bonds is 3. The molecule has 4 heterocycles. The molecule has 1 aromatic carbocycles. The van der Waals surface area contributed by atoms with Crippen molar-refractivity contribution in [1.82, 2.24) is 19.9 Å². The van der Waals surface area contributed by atoms with Gasteiger partial charge in [-0.1, -0.05) is 30.3 Å². The van der Waals surface area contributed by atoms with Gasteiger partial charge >= 0.3 is 0 Å². The van der Waals surface area contributed by atoms with E-state index in [-0.39, 0.29) is 0 Å². The molecule has 0 bridgehead atoms. The Hall–Kier alpha value is -3.09. The highest BCUT2D eigenvalue weighted by Gasteiger charge is 2.41. The Balaban J connectivity index is 1.25. The summed E-state index contributed by atoms with van der Waals surface area (Å²) in [5, 5.41) is 0. The van der Waals surface area contributed by atoms with E-state index in [9.17, 15) is 4.39 Å². The lowest BCUT2D eigenvalue weighted by Gasteiger charge is -2.22. The molecule has 0 N–H and O–H groups in total. The van der Waals surface area contributed by atoms with E-state index in [4.69, 9.17) is 0 Å². The normalized spacial score (nSPS) is 21.5. The van der Waals surface area contributed by atoms with Crippen molar-refractivity contribution in [3.05, 3.63) is 60.9 Å². The molecule has 2 aliphatic rings. The summed E-state index contributed by atoms with van der Waals surface area (Å²) in [6, 6.07) is 10.1. The van der Waals surface area contributed by atoms with Gasteiger partial charge in [-0.05, 0) is 0 Å². The molecule has 7 heteroatoms. The fourth-order valence-electron chi connectivity index (χ4n) is 4.05. The first-order valence-electron chi connectivity index (χ1n) is 9.11. The van der Waals surface area contributed by atoms with Crippen molar-refractivity contribution in [3.63, 3.8) is 0 Å². The zero-order valence-corrected chi connectivity index (χ0v) is 14.7. The highest BCUT2D eigenvalue weighted by Crippen LogP contribution is 2.34. The Morgan fingerprint density at radius 2 is 1.41 bits per heavy atom. The second kappa shape index (κ2) is 6.57. The van der Waals surface area contributed by atoms with Crippen molar-refractivity contribution in [3.8, 4) is 11.3 Å². The van der Waals surface area contributed by atoms with Gasteiger partial charge in [-0.15, -0.1) is 0 Å². The summed E-state index contributed by atoms with van der Waals surface area (Å²) >= 11 is 0. The summed E-state index contributed by atoms with van der Waals surface area (Å²) < 4.78 is 13.0. The maximum absolute atomic E-state index is 13.0. The van der Waals surface area contributed by atoms with Crippen LogP contribution in [-0.2, 0) is 0 Å². The Labute approximate surface area is 156 Å². The van der Waals surface area contributed by atoms with Crippen molar-refractivity contribution in [1.29, 1.82) is 0 Å². The van der Waals surface area contributed by atoms with Gasteiger partial charge in [0.25, 0.3) is 0 Å². The third kappa shape index (κ3) is 3.09. The minimum atomic E-state index is -0.401. The maximum atomic E-state index is 13.0. The van der Waals surface area contributed by atoms with Gasteiger partial charge in [0.2, 0.25) is 5.95 Å².